The molecule has 1 atom stereocenters. The standard InChI is InChI=1S/C10H18N6O2/c1-4-10(2,8(11)15-18)9(17)12-5-7-13-6-16(3)14-7/h6,18H,4-5H2,1-3H3,(H2,11,15)(H,12,17). The van der Waals surface area contributed by atoms with Crippen molar-refractivity contribution in [2.45, 2.75) is 26.8 Å². The quantitative estimate of drug-likeness (QED) is 0.286. The van der Waals surface area contributed by atoms with E-state index in [2.05, 4.69) is 20.6 Å². The predicted molar refractivity (Wildman–Crippen MR) is 64.7 cm³/mol. The van der Waals surface area contributed by atoms with Crippen molar-refractivity contribution in [3.63, 3.8) is 0 Å². The number of rotatable bonds is 5. The molecule has 0 aliphatic carbocycles. The average Bonchev–Trinajstić information content (AvgIpc) is 2.79. The van der Waals surface area contributed by atoms with Gasteiger partial charge in [0.1, 0.15) is 11.7 Å². The second kappa shape index (κ2) is 5.48. The number of amidine groups is 1. The minimum Gasteiger partial charge on any atom is -0.409 e. The number of aromatic nitrogens is 3. The van der Waals surface area contributed by atoms with Crippen LogP contribution in [0.4, 0.5) is 0 Å². The van der Waals surface area contributed by atoms with Crippen molar-refractivity contribution in [1.29, 1.82) is 0 Å². The zero-order valence-corrected chi connectivity index (χ0v) is 10.7. The highest BCUT2D eigenvalue weighted by Crippen LogP contribution is 2.21. The fourth-order valence-electron chi connectivity index (χ4n) is 1.39. The molecule has 0 saturated carbocycles. The molecule has 0 bridgehead atoms. The molecule has 0 radical (unpaired) electrons. The van der Waals surface area contributed by atoms with Crippen LogP contribution in [0.5, 0.6) is 0 Å². The van der Waals surface area contributed by atoms with E-state index in [0.29, 0.717) is 12.2 Å². The monoisotopic (exact) mass is 254 g/mol. The molecule has 4 N–H and O–H groups in total. The van der Waals surface area contributed by atoms with Gasteiger partial charge in [0.15, 0.2) is 11.7 Å². The van der Waals surface area contributed by atoms with Crippen molar-refractivity contribution in [2.75, 3.05) is 0 Å². The number of hydrogen-bond acceptors (Lipinski definition) is 5. The van der Waals surface area contributed by atoms with Gasteiger partial charge in [0.2, 0.25) is 5.91 Å². The third kappa shape index (κ3) is 2.76. The first kappa shape index (κ1) is 13.9. The van der Waals surface area contributed by atoms with Crippen LogP contribution in [-0.4, -0.2) is 31.7 Å². The van der Waals surface area contributed by atoms with Crippen LogP contribution in [0.1, 0.15) is 26.1 Å². The summed E-state index contributed by atoms with van der Waals surface area (Å²) in [5.74, 6) is 0.0630. The van der Waals surface area contributed by atoms with Gasteiger partial charge in [-0.1, -0.05) is 12.1 Å². The molecule has 0 fully saturated rings. The summed E-state index contributed by atoms with van der Waals surface area (Å²) in [6, 6.07) is 0. The Bertz CT molecular complexity index is 455. The maximum Gasteiger partial charge on any atom is 0.234 e. The highest BCUT2D eigenvalue weighted by atomic mass is 16.4. The molecule has 0 spiro atoms. The van der Waals surface area contributed by atoms with Gasteiger partial charge in [-0.3, -0.25) is 9.48 Å². The first-order chi connectivity index (χ1) is 8.43. The Morgan fingerprint density at radius 1 is 1.72 bits per heavy atom. The maximum absolute atomic E-state index is 12.0. The molecule has 0 aromatic carbocycles. The summed E-state index contributed by atoms with van der Waals surface area (Å²) in [4.78, 5) is 16.0. The summed E-state index contributed by atoms with van der Waals surface area (Å²) in [6.45, 7) is 3.61. The molecule has 8 nitrogen and oxygen atoms in total. The molecule has 1 aromatic rings. The number of hydrogen-bond donors (Lipinski definition) is 3. The summed E-state index contributed by atoms with van der Waals surface area (Å²) in [7, 11) is 1.74. The first-order valence-electron chi connectivity index (χ1n) is 5.54. The fraction of sp³-hybridized carbons (Fsp3) is 0.600. The number of nitrogens with one attached hydrogen (secondary N) is 1. The van der Waals surface area contributed by atoms with Gasteiger partial charge in [-0.2, -0.15) is 5.10 Å². The Morgan fingerprint density at radius 3 is 2.83 bits per heavy atom. The molecule has 0 aliphatic heterocycles. The fourth-order valence-corrected chi connectivity index (χ4v) is 1.39. The van der Waals surface area contributed by atoms with Gasteiger partial charge < -0.3 is 16.3 Å². The molecule has 8 heteroatoms. The van der Waals surface area contributed by atoms with Crippen LogP contribution in [0.25, 0.3) is 0 Å². The molecule has 18 heavy (non-hydrogen) atoms. The van der Waals surface area contributed by atoms with Crippen molar-refractivity contribution in [2.24, 2.45) is 23.4 Å². The summed E-state index contributed by atoms with van der Waals surface area (Å²) < 4.78 is 1.55. The summed E-state index contributed by atoms with van der Waals surface area (Å²) in [6.07, 6.45) is 1.97. The molecule has 1 heterocycles. The number of aryl methyl sites for hydroxylation is 1. The van der Waals surface area contributed by atoms with E-state index in [9.17, 15) is 4.79 Å². The Balaban J connectivity index is 2.69. The molecule has 100 valence electrons. The molecule has 1 rings (SSSR count). The van der Waals surface area contributed by atoms with Crippen LogP contribution < -0.4 is 11.1 Å². The third-order valence-corrected chi connectivity index (χ3v) is 2.94. The summed E-state index contributed by atoms with van der Waals surface area (Å²) in [5.41, 5.74) is 4.50. The molecular weight excluding hydrogens is 236 g/mol. The van der Waals surface area contributed by atoms with E-state index in [1.54, 1.807) is 31.9 Å². The van der Waals surface area contributed by atoms with Gasteiger partial charge in [0.25, 0.3) is 0 Å². The summed E-state index contributed by atoms with van der Waals surface area (Å²) >= 11 is 0. The van der Waals surface area contributed by atoms with Crippen LogP contribution >= 0.6 is 0 Å². The number of carbonyl (C=O) groups excluding carboxylic acids is 1. The number of nitrogens with two attached hydrogens (primary N) is 1. The molecule has 1 unspecified atom stereocenters. The highest BCUT2D eigenvalue weighted by molar-refractivity contribution is 6.06. The Kier molecular flexibility index (Phi) is 4.24. The van der Waals surface area contributed by atoms with E-state index in [0.717, 1.165) is 0 Å². The van der Waals surface area contributed by atoms with E-state index >= 15 is 0 Å². The van der Waals surface area contributed by atoms with Gasteiger partial charge in [0, 0.05) is 7.05 Å². The highest BCUT2D eigenvalue weighted by Gasteiger charge is 2.36. The summed E-state index contributed by atoms with van der Waals surface area (Å²) in [5, 5.41) is 18.3. The normalized spacial score (nSPS) is 15.2. The van der Waals surface area contributed by atoms with E-state index < -0.39 is 5.41 Å². The van der Waals surface area contributed by atoms with Crippen LogP contribution in [-0.2, 0) is 18.4 Å². The van der Waals surface area contributed by atoms with Gasteiger partial charge in [-0.15, -0.1) is 0 Å². The number of carbonyl (C=O) groups is 1. The van der Waals surface area contributed by atoms with Crippen molar-refractivity contribution in [3.05, 3.63) is 12.2 Å². The van der Waals surface area contributed by atoms with Gasteiger partial charge in [-0.05, 0) is 13.3 Å². The lowest BCUT2D eigenvalue weighted by Gasteiger charge is -2.24. The van der Waals surface area contributed by atoms with Crippen LogP contribution in [0.15, 0.2) is 11.5 Å². The largest absolute Gasteiger partial charge is 0.409 e. The SMILES string of the molecule is CCC(C)(C(=O)NCc1ncn(C)n1)C(N)=NO. The molecule has 0 saturated heterocycles. The second-order valence-electron chi connectivity index (χ2n) is 4.19. The predicted octanol–water partition coefficient (Wildman–Crippen LogP) is -0.406. The maximum atomic E-state index is 12.0. The van der Waals surface area contributed by atoms with Gasteiger partial charge in [-0.25, -0.2) is 4.98 Å². The van der Waals surface area contributed by atoms with Crippen molar-refractivity contribution in [3.8, 4) is 0 Å². The smallest absolute Gasteiger partial charge is 0.234 e. The third-order valence-electron chi connectivity index (χ3n) is 2.94. The molecule has 1 aromatic heterocycles. The van der Waals surface area contributed by atoms with Gasteiger partial charge >= 0.3 is 0 Å². The van der Waals surface area contributed by atoms with E-state index in [1.807, 2.05) is 0 Å². The average molecular weight is 254 g/mol. The number of nitrogens with zero attached hydrogens (tertiary/aromatic N) is 4. The van der Waals surface area contributed by atoms with Gasteiger partial charge in [0.05, 0.1) is 6.54 Å². The lowest BCUT2D eigenvalue weighted by Crippen LogP contribution is -2.47. The molecular formula is C10H18N6O2. The van der Waals surface area contributed by atoms with Crippen molar-refractivity contribution >= 4 is 11.7 Å². The lowest BCUT2D eigenvalue weighted by atomic mass is 9.85. The Hall–Kier alpha value is -2.12. The zero-order chi connectivity index (χ0) is 13.8. The topological polar surface area (TPSA) is 118 Å². The van der Waals surface area contributed by atoms with Crippen molar-refractivity contribution < 1.29 is 10.0 Å². The number of amides is 1. The lowest BCUT2D eigenvalue weighted by molar-refractivity contribution is -0.127. The molecule has 1 amide bonds. The zero-order valence-electron chi connectivity index (χ0n) is 10.7. The van der Waals surface area contributed by atoms with E-state index in [-0.39, 0.29) is 18.3 Å². The van der Waals surface area contributed by atoms with Crippen LogP contribution in [0, 0.1) is 5.41 Å². The van der Waals surface area contributed by atoms with E-state index in [1.165, 1.54) is 0 Å². The second-order valence-corrected chi connectivity index (χ2v) is 4.19. The van der Waals surface area contributed by atoms with E-state index in [4.69, 9.17) is 10.9 Å². The van der Waals surface area contributed by atoms with Crippen molar-refractivity contribution in [1.82, 2.24) is 20.1 Å². The Labute approximate surface area is 105 Å². The first-order valence-corrected chi connectivity index (χ1v) is 5.54. The Morgan fingerprint density at radius 2 is 2.39 bits per heavy atom. The van der Waals surface area contributed by atoms with Crippen LogP contribution in [0.2, 0.25) is 0 Å². The minimum absolute atomic E-state index is 0.114. The molecule has 0 aliphatic rings. The minimum atomic E-state index is -1.04. The van der Waals surface area contributed by atoms with Crippen LogP contribution in [0.3, 0.4) is 0 Å². The number of oxime groups is 1.